The van der Waals surface area contributed by atoms with Gasteiger partial charge in [-0.3, -0.25) is 4.99 Å². The van der Waals surface area contributed by atoms with Crippen LogP contribution in [0, 0.1) is 0 Å². The van der Waals surface area contributed by atoms with Gasteiger partial charge >= 0.3 is 0 Å². The predicted molar refractivity (Wildman–Crippen MR) is 114 cm³/mol. The Morgan fingerprint density at radius 3 is 2.88 bits per heavy atom. The van der Waals surface area contributed by atoms with E-state index in [2.05, 4.69) is 34.6 Å². The van der Waals surface area contributed by atoms with E-state index in [-0.39, 0.29) is 30.0 Å². The van der Waals surface area contributed by atoms with E-state index in [4.69, 9.17) is 15.2 Å². The Labute approximate surface area is 171 Å². The number of rotatable bonds is 4. The van der Waals surface area contributed by atoms with Crippen LogP contribution in [0.2, 0.25) is 0 Å². The van der Waals surface area contributed by atoms with Crippen molar-refractivity contribution in [3.05, 3.63) is 59.2 Å². The highest BCUT2D eigenvalue weighted by molar-refractivity contribution is 14.0. The van der Waals surface area contributed by atoms with Crippen LogP contribution in [0.3, 0.4) is 0 Å². The van der Waals surface area contributed by atoms with E-state index >= 15 is 0 Å². The highest BCUT2D eigenvalue weighted by Gasteiger charge is 2.21. The molecule has 0 fully saturated rings. The van der Waals surface area contributed by atoms with Crippen LogP contribution in [-0.2, 0) is 12.8 Å². The Hall–Kier alpha value is -1.96. The molecule has 1 atom stereocenters. The monoisotopic (exact) mass is 465 g/mol. The van der Waals surface area contributed by atoms with E-state index in [1.165, 1.54) is 11.1 Å². The van der Waals surface area contributed by atoms with Crippen molar-refractivity contribution in [2.45, 2.75) is 25.3 Å². The average Bonchev–Trinajstić information content (AvgIpc) is 3.10. The molecule has 26 heavy (non-hydrogen) atoms. The summed E-state index contributed by atoms with van der Waals surface area (Å²) < 4.78 is 11.2. The summed E-state index contributed by atoms with van der Waals surface area (Å²) in [6.45, 7) is 2.16. The van der Waals surface area contributed by atoms with Crippen molar-refractivity contribution in [2.75, 3.05) is 19.8 Å². The lowest BCUT2D eigenvalue weighted by molar-refractivity contribution is 0.262. The van der Waals surface area contributed by atoms with Crippen LogP contribution in [0.5, 0.6) is 11.5 Å². The first-order valence-corrected chi connectivity index (χ1v) is 8.82. The van der Waals surface area contributed by atoms with Crippen molar-refractivity contribution in [1.29, 1.82) is 0 Å². The van der Waals surface area contributed by atoms with Crippen molar-refractivity contribution >= 4 is 29.9 Å². The fourth-order valence-corrected chi connectivity index (χ4v) is 3.42. The molecule has 4 rings (SSSR count). The molecule has 1 unspecified atom stereocenters. The highest BCUT2D eigenvalue weighted by atomic mass is 127. The zero-order chi connectivity index (χ0) is 17.1. The van der Waals surface area contributed by atoms with Crippen molar-refractivity contribution in [1.82, 2.24) is 5.32 Å². The minimum absolute atomic E-state index is 0. The normalized spacial score (nSPS) is 18.0. The quantitative estimate of drug-likeness (QED) is 0.414. The van der Waals surface area contributed by atoms with Gasteiger partial charge in [0.15, 0.2) is 5.96 Å². The van der Waals surface area contributed by atoms with E-state index in [1.807, 2.05) is 18.2 Å². The summed E-state index contributed by atoms with van der Waals surface area (Å²) in [6, 6.07) is 14.6. The van der Waals surface area contributed by atoms with Crippen molar-refractivity contribution in [3.8, 4) is 11.5 Å². The van der Waals surface area contributed by atoms with E-state index in [0.29, 0.717) is 19.1 Å². The van der Waals surface area contributed by atoms with Gasteiger partial charge in [0.1, 0.15) is 11.5 Å². The number of nitrogens with zero attached hydrogens (tertiary/aromatic N) is 1. The predicted octanol–water partition coefficient (Wildman–Crippen LogP) is 3.21. The van der Waals surface area contributed by atoms with Gasteiger partial charge in [0.2, 0.25) is 0 Å². The smallest absolute Gasteiger partial charge is 0.189 e. The maximum Gasteiger partial charge on any atom is 0.189 e. The van der Waals surface area contributed by atoms with Gasteiger partial charge in [0, 0.05) is 24.9 Å². The largest absolute Gasteiger partial charge is 0.493 e. The highest BCUT2D eigenvalue weighted by Crippen LogP contribution is 2.31. The number of hydrogen-bond acceptors (Lipinski definition) is 3. The number of para-hydroxylation sites is 1. The zero-order valence-electron chi connectivity index (χ0n) is 14.6. The second-order valence-corrected chi connectivity index (χ2v) is 6.43. The summed E-state index contributed by atoms with van der Waals surface area (Å²) in [5.74, 6) is 2.44. The third kappa shape index (κ3) is 4.23. The molecule has 6 heteroatoms. The molecular formula is C20H24IN3O2. The molecule has 0 spiro atoms. The molecule has 0 saturated carbocycles. The van der Waals surface area contributed by atoms with Crippen molar-refractivity contribution in [2.24, 2.45) is 10.7 Å². The number of guanidine groups is 1. The topological polar surface area (TPSA) is 68.9 Å². The molecule has 0 aliphatic carbocycles. The molecule has 2 heterocycles. The molecule has 0 saturated heterocycles. The average molecular weight is 465 g/mol. The standard InChI is InChI=1S/C20H23N3O2.HI/c21-20(23-17-9-12-25-19-4-2-1-3-16(17)19)22-10-7-14-5-6-18-15(13-14)8-11-24-18;/h1-6,13,17H,7-12H2,(H3,21,22,23);1H. The lowest BCUT2D eigenvalue weighted by Crippen LogP contribution is -2.37. The molecule has 3 N–H and O–H groups in total. The molecular weight excluding hydrogens is 441 g/mol. The molecule has 0 radical (unpaired) electrons. The van der Waals surface area contributed by atoms with Crippen LogP contribution in [0.25, 0.3) is 0 Å². The van der Waals surface area contributed by atoms with E-state index in [0.717, 1.165) is 42.9 Å². The fraction of sp³-hybridized carbons (Fsp3) is 0.350. The summed E-state index contributed by atoms with van der Waals surface area (Å²) >= 11 is 0. The first kappa shape index (κ1) is 18.8. The number of aliphatic imine (C=N–C) groups is 1. The molecule has 2 aliphatic rings. The fourth-order valence-electron chi connectivity index (χ4n) is 3.42. The molecule has 2 aliphatic heterocycles. The lowest BCUT2D eigenvalue weighted by Gasteiger charge is -2.26. The van der Waals surface area contributed by atoms with Gasteiger partial charge in [-0.1, -0.05) is 30.3 Å². The Morgan fingerprint density at radius 1 is 1.12 bits per heavy atom. The third-order valence-corrected chi connectivity index (χ3v) is 4.72. The summed E-state index contributed by atoms with van der Waals surface area (Å²) in [5.41, 5.74) is 9.81. The maximum atomic E-state index is 6.09. The summed E-state index contributed by atoms with van der Waals surface area (Å²) in [6.07, 6.45) is 2.76. The van der Waals surface area contributed by atoms with Gasteiger partial charge in [-0.15, -0.1) is 24.0 Å². The van der Waals surface area contributed by atoms with Crippen LogP contribution >= 0.6 is 24.0 Å². The lowest BCUT2D eigenvalue weighted by atomic mass is 10.0. The Kier molecular flexibility index (Phi) is 6.24. The number of nitrogens with two attached hydrogens (primary N) is 1. The van der Waals surface area contributed by atoms with Crippen LogP contribution in [-0.4, -0.2) is 25.7 Å². The van der Waals surface area contributed by atoms with Gasteiger partial charge in [0.25, 0.3) is 0 Å². The van der Waals surface area contributed by atoms with Crippen LogP contribution < -0.4 is 20.5 Å². The zero-order valence-corrected chi connectivity index (χ0v) is 16.9. The number of fused-ring (bicyclic) bond motifs is 2. The molecule has 0 aromatic heterocycles. The number of hydrogen-bond donors (Lipinski definition) is 2. The molecule has 5 nitrogen and oxygen atoms in total. The van der Waals surface area contributed by atoms with Crippen molar-refractivity contribution < 1.29 is 9.47 Å². The first-order valence-electron chi connectivity index (χ1n) is 8.82. The Balaban J connectivity index is 0.00000196. The maximum absolute atomic E-state index is 6.09. The van der Waals surface area contributed by atoms with Crippen LogP contribution in [0.4, 0.5) is 0 Å². The second-order valence-electron chi connectivity index (χ2n) is 6.43. The van der Waals surface area contributed by atoms with E-state index in [9.17, 15) is 0 Å². The molecule has 0 bridgehead atoms. The number of benzene rings is 2. The Morgan fingerprint density at radius 2 is 1.96 bits per heavy atom. The Bertz CT molecular complexity index is 794. The van der Waals surface area contributed by atoms with E-state index < -0.39 is 0 Å². The SMILES string of the molecule is I.NC(=NCCc1ccc2c(c1)CCO2)NC1CCOc2ccccc21. The molecule has 0 amide bonds. The van der Waals surface area contributed by atoms with Crippen LogP contribution in [0.15, 0.2) is 47.5 Å². The summed E-state index contributed by atoms with van der Waals surface area (Å²) in [4.78, 5) is 4.49. The van der Waals surface area contributed by atoms with Crippen LogP contribution in [0.1, 0.15) is 29.2 Å². The first-order chi connectivity index (χ1) is 12.3. The molecule has 2 aromatic rings. The van der Waals surface area contributed by atoms with Gasteiger partial charge < -0.3 is 20.5 Å². The number of ether oxygens (including phenoxy) is 2. The second kappa shape index (κ2) is 8.62. The molecule has 2 aromatic carbocycles. The minimum Gasteiger partial charge on any atom is -0.493 e. The van der Waals surface area contributed by atoms with Gasteiger partial charge in [-0.05, 0) is 29.7 Å². The van der Waals surface area contributed by atoms with Crippen molar-refractivity contribution in [3.63, 3.8) is 0 Å². The summed E-state index contributed by atoms with van der Waals surface area (Å²) in [7, 11) is 0. The van der Waals surface area contributed by atoms with E-state index in [1.54, 1.807) is 0 Å². The van der Waals surface area contributed by atoms with Gasteiger partial charge in [0.05, 0.1) is 19.3 Å². The van der Waals surface area contributed by atoms with Gasteiger partial charge in [-0.25, -0.2) is 0 Å². The minimum atomic E-state index is 0. The summed E-state index contributed by atoms with van der Waals surface area (Å²) in [5, 5.41) is 3.33. The third-order valence-electron chi connectivity index (χ3n) is 4.72. The molecule has 138 valence electrons. The number of nitrogens with one attached hydrogen (secondary N) is 1. The van der Waals surface area contributed by atoms with Gasteiger partial charge in [-0.2, -0.15) is 0 Å². The number of halogens is 1.